The summed E-state index contributed by atoms with van der Waals surface area (Å²) in [5.74, 6) is -1.81. The number of carbonyl (C=O) groups is 5. The molecule has 0 radical (unpaired) electrons. The number of aromatic hydroxyl groups is 1. The van der Waals surface area contributed by atoms with Crippen molar-refractivity contribution in [3.05, 3.63) is 70.9 Å². The summed E-state index contributed by atoms with van der Waals surface area (Å²) in [4.78, 5) is 63.7. The number of hydrogen-bond acceptors (Lipinski definition) is 7. The van der Waals surface area contributed by atoms with E-state index in [2.05, 4.69) is 10.6 Å². The van der Waals surface area contributed by atoms with E-state index in [1.807, 2.05) is 0 Å². The SMILES string of the molecule is O=C1CCC(N2Cc3c(NC=C4C(=O)CC(c5ccc(O)cc5)CC4=O)cccc3C2=O)C(=O)N1. The molecule has 9 nitrogen and oxygen atoms in total. The molecule has 3 N–H and O–H groups in total. The number of phenolic OH excluding ortho intramolecular Hbond substituents is 1. The van der Waals surface area contributed by atoms with Gasteiger partial charge in [0.2, 0.25) is 11.8 Å². The molecule has 2 aromatic rings. The summed E-state index contributed by atoms with van der Waals surface area (Å²) in [5, 5.41) is 14.8. The Morgan fingerprint density at radius 1 is 0.971 bits per heavy atom. The van der Waals surface area contributed by atoms with E-state index in [-0.39, 0.29) is 72.8 Å². The van der Waals surface area contributed by atoms with Gasteiger partial charge in [-0.15, -0.1) is 0 Å². The third kappa shape index (κ3) is 4.21. The van der Waals surface area contributed by atoms with Crippen molar-refractivity contribution in [2.24, 2.45) is 0 Å². The van der Waals surface area contributed by atoms with Crippen molar-refractivity contribution in [2.45, 2.75) is 44.2 Å². The van der Waals surface area contributed by atoms with Crippen LogP contribution in [0.4, 0.5) is 5.69 Å². The minimum absolute atomic E-state index is 0.0731. The molecule has 2 aliphatic heterocycles. The van der Waals surface area contributed by atoms with Gasteiger partial charge in [0.05, 0.1) is 5.57 Å². The van der Waals surface area contributed by atoms with Crippen LogP contribution in [0, 0.1) is 0 Å². The lowest BCUT2D eigenvalue weighted by atomic mass is 9.80. The molecule has 3 amide bonds. The van der Waals surface area contributed by atoms with E-state index >= 15 is 0 Å². The summed E-state index contributed by atoms with van der Waals surface area (Å²) >= 11 is 0. The average molecular weight is 473 g/mol. The maximum absolute atomic E-state index is 13.0. The summed E-state index contributed by atoms with van der Waals surface area (Å²) in [6.45, 7) is 0.178. The Labute approximate surface area is 200 Å². The Hall–Kier alpha value is -4.27. The number of rotatable bonds is 4. The van der Waals surface area contributed by atoms with Crippen molar-refractivity contribution in [3.63, 3.8) is 0 Å². The molecule has 178 valence electrons. The number of Topliss-reactive ketones (excluding diaryl/α,β-unsaturated/α-hetero) is 2. The zero-order chi connectivity index (χ0) is 24.7. The first kappa shape index (κ1) is 22.5. The average Bonchev–Trinajstić information content (AvgIpc) is 3.16. The monoisotopic (exact) mass is 473 g/mol. The van der Waals surface area contributed by atoms with E-state index in [1.54, 1.807) is 30.3 Å². The molecule has 2 fully saturated rings. The standard InChI is InChI=1S/C26H23N3O6/c30-16-6-4-14(5-7-16)15-10-22(31)18(23(32)11-15)12-27-20-3-1-2-17-19(20)13-29(26(17)35)21-8-9-24(33)28-25(21)34/h1-7,12,15,21,27,30H,8-11,13H2,(H,28,33,34). The lowest BCUT2D eigenvalue weighted by Crippen LogP contribution is -2.52. The van der Waals surface area contributed by atoms with Crippen molar-refractivity contribution in [2.75, 3.05) is 5.32 Å². The summed E-state index contributed by atoms with van der Waals surface area (Å²) in [5.41, 5.74) is 2.57. The van der Waals surface area contributed by atoms with Crippen LogP contribution in [0.5, 0.6) is 5.75 Å². The van der Waals surface area contributed by atoms with E-state index in [9.17, 15) is 29.1 Å². The number of ketones is 2. The molecular weight excluding hydrogens is 450 g/mol. The number of fused-ring (bicyclic) bond motifs is 1. The molecule has 2 heterocycles. The molecule has 2 aromatic carbocycles. The van der Waals surface area contributed by atoms with Crippen LogP contribution in [-0.4, -0.2) is 45.3 Å². The summed E-state index contributed by atoms with van der Waals surface area (Å²) < 4.78 is 0. The molecule has 0 bridgehead atoms. The van der Waals surface area contributed by atoms with Crippen LogP contribution in [-0.2, 0) is 25.7 Å². The van der Waals surface area contributed by atoms with Gasteiger partial charge in [-0.25, -0.2) is 0 Å². The highest BCUT2D eigenvalue weighted by molar-refractivity contribution is 6.22. The van der Waals surface area contributed by atoms with Crippen LogP contribution in [0.3, 0.4) is 0 Å². The maximum atomic E-state index is 13.0. The number of amides is 3. The van der Waals surface area contributed by atoms with Gasteiger partial charge >= 0.3 is 0 Å². The summed E-state index contributed by atoms with van der Waals surface area (Å²) in [7, 11) is 0. The van der Waals surface area contributed by atoms with Gasteiger partial charge in [-0.2, -0.15) is 0 Å². The third-order valence-electron chi connectivity index (χ3n) is 6.78. The minimum atomic E-state index is -0.725. The minimum Gasteiger partial charge on any atom is -0.508 e. The zero-order valence-corrected chi connectivity index (χ0v) is 18.7. The third-order valence-corrected chi connectivity index (χ3v) is 6.78. The van der Waals surface area contributed by atoms with Crippen molar-refractivity contribution < 1.29 is 29.1 Å². The molecule has 5 rings (SSSR count). The van der Waals surface area contributed by atoms with Gasteiger partial charge < -0.3 is 15.3 Å². The van der Waals surface area contributed by atoms with E-state index < -0.39 is 11.9 Å². The summed E-state index contributed by atoms with van der Waals surface area (Å²) in [6, 6.07) is 10.9. The van der Waals surface area contributed by atoms with Crippen LogP contribution in [0.2, 0.25) is 0 Å². The second-order valence-corrected chi connectivity index (χ2v) is 8.98. The number of anilines is 1. The van der Waals surface area contributed by atoms with E-state index in [4.69, 9.17) is 0 Å². The van der Waals surface area contributed by atoms with Gasteiger partial charge in [-0.3, -0.25) is 29.3 Å². The Bertz CT molecular complexity index is 1280. The van der Waals surface area contributed by atoms with E-state index in [0.717, 1.165) is 5.56 Å². The van der Waals surface area contributed by atoms with Crippen molar-refractivity contribution in [1.82, 2.24) is 10.2 Å². The van der Waals surface area contributed by atoms with Crippen LogP contribution in [0.25, 0.3) is 0 Å². The number of nitrogens with zero attached hydrogens (tertiary/aromatic N) is 1. The van der Waals surface area contributed by atoms with Gasteiger partial charge in [-0.05, 0) is 42.2 Å². The van der Waals surface area contributed by atoms with Gasteiger partial charge in [0, 0.05) is 48.8 Å². The van der Waals surface area contributed by atoms with Gasteiger partial charge in [-0.1, -0.05) is 18.2 Å². The first-order valence-electron chi connectivity index (χ1n) is 11.4. The maximum Gasteiger partial charge on any atom is 0.255 e. The smallest absolute Gasteiger partial charge is 0.255 e. The number of piperidine rings is 1. The number of imide groups is 1. The molecule has 1 atom stereocenters. The predicted molar refractivity (Wildman–Crippen MR) is 124 cm³/mol. The van der Waals surface area contributed by atoms with Crippen molar-refractivity contribution in [1.29, 1.82) is 0 Å². The number of phenols is 1. The first-order valence-corrected chi connectivity index (χ1v) is 11.4. The molecule has 9 heteroatoms. The highest BCUT2D eigenvalue weighted by Crippen LogP contribution is 2.34. The fraction of sp³-hybridized carbons (Fsp3) is 0.269. The largest absolute Gasteiger partial charge is 0.508 e. The zero-order valence-electron chi connectivity index (χ0n) is 18.7. The molecule has 0 spiro atoms. The Morgan fingerprint density at radius 2 is 1.69 bits per heavy atom. The number of benzene rings is 2. The molecule has 3 aliphatic rings. The highest BCUT2D eigenvalue weighted by Gasteiger charge is 2.40. The van der Waals surface area contributed by atoms with Crippen LogP contribution < -0.4 is 10.6 Å². The second kappa shape index (κ2) is 8.83. The molecule has 35 heavy (non-hydrogen) atoms. The topological polar surface area (TPSA) is 133 Å². The van der Waals surface area contributed by atoms with Gasteiger partial charge in [0.1, 0.15) is 11.8 Å². The first-order chi connectivity index (χ1) is 16.8. The van der Waals surface area contributed by atoms with Crippen LogP contribution in [0.15, 0.2) is 54.2 Å². The van der Waals surface area contributed by atoms with Gasteiger partial charge in [0.25, 0.3) is 5.91 Å². The van der Waals surface area contributed by atoms with Crippen molar-refractivity contribution >= 4 is 35.0 Å². The Kier molecular flexibility index (Phi) is 5.68. The van der Waals surface area contributed by atoms with Crippen LogP contribution >= 0.6 is 0 Å². The number of hydrogen-bond donors (Lipinski definition) is 3. The molecule has 1 unspecified atom stereocenters. The number of allylic oxidation sites excluding steroid dienone is 1. The Balaban J connectivity index is 1.32. The second-order valence-electron chi connectivity index (χ2n) is 8.98. The van der Waals surface area contributed by atoms with E-state index in [1.165, 1.54) is 23.2 Å². The number of nitrogens with one attached hydrogen (secondary N) is 2. The molecule has 1 aliphatic carbocycles. The van der Waals surface area contributed by atoms with Crippen molar-refractivity contribution in [3.8, 4) is 5.75 Å². The molecule has 0 aromatic heterocycles. The number of carbonyl (C=O) groups excluding carboxylic acids is 5. The lowest BCUT2D eigenvalue weighted by Gasteiger charge is -2.29. The molecule has 1 saturated heterocycles. The van der Waals surface area contributed by atoms with Gasteiger partial charge in [0.15, 0.2) is 11.6 Å². The van der Waals surface area contributed by atoms with E-state index in [0.29, 0.717) is 16.8 Å². The fourth-order valence-electron chi connectivity index (χ4n) is 4.91. The fourth-order valence-corrected chi connectivity index (χ4v) is 4.91. The quantitative estimate of drug-likeness (QED) is 0.352. The lowest BCUT2D eigenvalue weighted by molar-refractivity contribution is -0.137. The van der Waals surface area contributed by atoms with Crippen LogP contribution in [0.1, 0.15) is 53.1 Å². The predicted octanol–water partition coefficient (Wildman–Crippen LogP) is 2.16. The Morgan fingerprint density at radius 3 is 2.37 bits per heavy atom. The highest BCUT2D eigenvalue weighted by atomic mass is 16.3. The normalized spacial score (nSPS) is 22.2. The molecular formula is C26H23N3O6. The molecule has 1 saturated carbocycles. The summed E-state index contributed by atoms with van der Waals surface area (Å²) in [6.07, 6.45) is 2.19.